The van der Waals surface area contributed by atoms with Crippen molar-refractivity contribution in [3.8, 4) is 0 Å². The maximum Gasteiger partial charge on any atom is 0.348 e. The predicted molar refractivity (Wildman–Crippen MR) is 111 cm³/mol. The minimum atomic E-state index is -0.242. The van der Waals surface area contributed by atoms with E-state index in [1.807, 2.05) is 23.6 Å². The molecule has 1 N–H and O–H groups in total. The van der Waals surface area contributed by atoms with E-state index in [9.17, 15) is 4.79 Å². The van der Waals surface area contributed by atoms with Crippen molar-refractivity contribution < 1.29 is 9.53 Å². The van der Waals surface area contributed by atoms with E-state index in [0.717, 1.165) is 34.2 Å². The summed E-state index contributed by atoms with van der Waals surface area (Å²) in [5, 5.41) is 6.00. The van der Waals surface area contributed by atoms with Gasteiger partial charge in [0.25, 0.3) is 0 Å². The smallest absolute Gasteiger partial charge is 0.348 e. The molecule has 2 heterocycles. The van der Waals surface area contributed by atoms with E-state index in [-0.39, 0.29) is 12.6 Å². The Morgan fingerprint density at radius 2 is 2.00 bits per heavy atom. The molecule has 0 aliphatic heterocycles. The van der Waals surface area contributed by atoms with Crippen molar-refractivity contribution in [1.29, 1.82) is 0 Å². The number of anilines is 2. The van der Waals surface area contributed by atoms with Gasteiger partial charge < -0.3 is 10.1 Å². The maximum atomic E-state index is 12.4. The van der Waals surface area contributed by atoms with E-state index in [4.69, 9.17) is 4.74 Å². The van der Waals surface area contributed by atoms with E-state index < -0.39 is 0 Å². The molecule has 0 radical (unpaired) electrons. The second-order valence-electron chi connectivity index (χ2n) is 6.83. The molecule has 2 aromatic heterocycles. The second-order valence-corrected chi connectivity index (χ2v) is 8.83. The molecule has 27 heavy (non-hydrogen) atoms. The summed E-state index contributed by atoms with van der Waals surface area (Å²) in [6.45, 7) is 2.26. The highest BCUT2D eigenvalue weighted by Crippen LogP contribution is 2.29. The average molecular weight is 399 g/mol. The minimum Gasteiger partial charge on any atom is -0.455 e. The third-order valence-corrected chi connectivity index (χ3v) is 6.68. The molecule has 4 nitrogen and oxygen atoms in total. The molecule has 0 amide bonds. The second kappa shape index (κ2) is 8.23. The molecule has 1 aromatic carbocycles. The summed E-state index contributed by atoms with van der Waals surface area (Å²) in [7, 11) is 0. The van der Waals surface area contributed by atoms with Gasteiger partial charge in [0.15, 0.2) is 5.13 Å². The summed E-state index contributed by atoms with van der Waals surface area (Å²) in [6, 6.07) is 10.2. The van der Waals surface area contributed by atoms with Crippen LogP contribution in [0.4, 0.5) is 10.8 Å². The summed E-state index contributed by atoms with van der Waals surface area (Å²) in [5.41, 5.74) is 4.32. The van der Waals surface area contributed by atoms with Gasteiger partial charge in [0.1, 0.15) is 11.5 Å². The molecule has 0 unspecified atom stereocenters. The van der Waals surface area contributed by atoms with E-state index in [1.54, 1.807) is 11.3 Å². The standard InChI is InChI=1S/C21H22N2O2S2/c1-14-7-9-16(10-8-14)22-21-23-17(13-26-21)12-25-20(24)19-11-15-5-3-2-4-6-18(15)27-19/h7-11,13H,2-6,12H2,1H3,(H,22,23). The van der Waals surface area contributed by atoms with Crippen molar-refractivity contribution in [1.82, 2.24) is 4.98 Å². The van der Waals surface area contributed by atoms with Crippen LogP contribution in [0.25, 0.3) is 0 Å². The zero-order valence-electron chi connectivity index (χ0n) is 15.3. The number of nitrogens with one attached hydrogen (secondary N) is 1. The summed E-state index contributed by atoms with van der Waals surface area (Å²) in [5.74, 6) is -0.242. The van der Waals surface area contributed by atoms with Crippen molar-refractivity contribution in [2.24, 2.45) is 0 Å². The largest absolute Gasteiger partial charge is 0.455 e. The quantitative estimate of drug-likeness (QED) is 0.430. The first kappa shape index (κ1) is 18.2. The highest BCUT2D eigenvalue weighted by molar-refractivity contribution is 7.14. The van der Waals surface area contributed by atoms with Crippen molar-refractivity contribution in [2.45, 2.75) is 45.6 Å². The molecule has 4 rings (SSSR count). The van der Waals surface area contributed by atoms with Crippen LogP contribution in [0, 0.1) is 6.92 Å². The first-order valence-electron chi connectivity index (χ1n) is 9.24. The Morgan fingerprint density at radius 1 is 1.19 bits per heavy atom. The van der Waals surface area contributed by atoms with Crippen LogP contribution >= 0.6 is 22.7 Å². The number of carbonyl (C=O) groups is 1. The number of esters is 1. The molecule has 0 fully saturated rings. The number of carbonyl (C=O) groups excluding carboxylic acids is 1. The van der Waals surface area contributed by atoms with Gasteiger partial charge in [-0.2, -0.15) is 0 Å². The van der Waals surface area contributed by atoms with Gasteiger partial charge >= 0.3 is 5.97 Å². The fourth-order valence-corrected chi connectivity index (χ4v) is 5.03. The lowest BCUT2D eigenvalue weighted by Gasteiger charge is -2.03. The Bertz CT molecular complexity index is 905. The number of aromatic nitrogens is 1. The fraction of sp³-hybridized carbons (Fsp3) is 0.333. The van der Waals surface area contributed by atoms with Crippen LogP contribution in [0.3, 0.4) is 0 Å². The molecule has 140 valence electrons. The third-order valence-electron chi connectivity index (χ3n) is 4.65. The highest BCUT2D eigenvalue weighted by atomic mass is 32.1. The molecule has 0 saturated heterocycles. The van der Waals surface area contributed by atoms with Crippen molar-refractivity contribution in [3.05, 3.63) is 62.3 Å². The molecule has 0 atom stereocenters. The lowest BCUT2D eigenvalue weighted by molar-refractivity contribution is 0.0474. The number of hydrogen-bond donors (Lipinski definition) is 1. The van der Waals surface area contributed by atoms with E-state index >= 15 is 0 Å². The number of aryl methyl sites for hydroxylation is 3. The van der Waals surface area contributed by atoms with E-state index in [1.165, 1.54) is 46.6 Å². The van der Waals surface area contributed by atoms with Crippen LogP contribution in [0.2, 0.25) is 0 Å². The zero-order valence-corrected chi connectivity index (χ0v) is 16.9. The number of fused-ring (bicyclic) bond motifs is 1. The van der Waals surface area contributed by atoms with Crippen LogP contribution < -0.4 is 5.32 Å². The fourth-order valence-electron chi connectivity index (χ4n) is 3.17. The maximum absolute atomic E-state index is 12.4. The lowest BCUT2D eigenvalue weighted by atomic mass is 10.1. The summed E-state index contributed by atoms with van der Waals surface area (Å²) in [6.07, 6.45) is 5.89. The minimum absolute atomic E-state index is 0.202. The SMILES string of the molecule is Cc1ccc(Nc2nc(COC(=O)c3cc4c(s3)CCCCC4)cs2)cc1. The van der Waals surface area contributed by atoms with Gasteiger partial charge in [0.2, 0.25) is 0 Å². The monoisotopic (exact) mass is 398 g/mol. The van der Waals surface area contributed by atoms with Gasteiger partial charge in [-0.3, -0.25) is 0 Å². The van der Waals surface area contributed by atoms with Gasteiger partial charge in [-0.15, -0.1) is 22.7 Å². The average Bonchev–Trinajstić information content (AvgIpc) is 3.23. The summed E-state index contributed by atoms with van der Waals surface area (Å²) in [4.78, 5) is 19.0. The third kappa shape index (κ3) is 4.57. The number of thiophene rings is 1. The number of rotatable bonds is 5. The molecule has 0 spiro atoms. The molecular formula is C21H22N2O2S2. The molecule has 6 heteroatoms. The summed E-state index contributed by atoms with van der Waals surface area (Å²) < 4.78 is 5.49. The normalized spacial score (nSPS) is 13.7. The molecule has 0 saturated carbocycles. The lowest BCUT2D eigenvalue weighted by Crippen LogP contribution is -2.03. The number of benzene rings is 1. The zero-order chi connectivity index (χ0) is 18.6. The van der Waals surface area contributed by atoms with E-state index in [0.29, 0.717) is 0 Å². The Morgan fingerprint density at radius 3 is 2.85 bits per heavy atom. The van der Waals surface area contributed by atoms with Gasteiger partial charge in [-0.1, -0.05) is 24.1 Å². The predicted octanol–water partition coefficient (Wildman–Crippen LogP) is 5.88. The Balaban J connectivity index is 1.34. The molecule has 1 aliphatic carbocycles. The van der Waals surface area contributed by atoms with Crippen molar-refractivity contribution in [2.75, 3.05) is 5.32 Å². The first-order chi connectivity index (χ1) is 13.2. The number of thiazole rings is 1. The van der Waals surface area contributed by atoms with Gasteiger partial charge in [-0.05, 0) is 56.4 Å². The van der Waals surface area contributed by atoms with Crippen LogP contribution in [-0.2, 0) is 24.2 Å². The Labute approximate surface area is 167 Å². The topological polar surface area (TPSA) is 51.2 Å². The Kier molecular flexibility index (Phi) is 5.55. The number of hydrogen-bond acceptors (Lipinski definition) is 6. The molecule has 3 aromatic rings. The molecule has 0 bridgehead atoms. The Hall–Kier alpha value is -2.18. The van der Waals surface area contributed by atoms with Crippen molar-refractivity contribution >= 4 is 39.5 Å². The van der Waals surface area contributed by atoms with E-state index in [2.05, 4.69) is 29.4 Å². The van der Waals surface area contributed by atoms with Gasteiger partial charge in [0, 0.05) is 15.9 Å². The number of ether oxygens (including phenoxy) is 1. The first-order valence-corrected chi connectivity index (χ1v) is 10.9. The van der Waals surface area contributed by atoms with Gasteiger partial charge in [0.05, 0.1) is 5.69 Å². The number of nitrogens with zero attached hydrogens (tertiary/aromatic N) is 1. The molecular weight excluding hydrogens is 376 g/mol. The van der Waals surface area contributed by atoms with Crippen LogP contribution in [-0.4, -0.2) is 11.0 Å². The molecule has 1 aliphatic rings. The van der Waals surface area contributed by atoms with Crippen molar-refractivity contribution in [3.63, 3.8) is 0 Å². The van der Waals surface area contributed by atoms with Crippen LogP contribution in [0.5, 0.6) is 0 Å². The van der Waals surface area contributed by atoms with Gasteiger partial charge in [-0.25, -0.2) is 9.78 Å². The van der Waals surface area contributed by atoms with Crippen LogP contribution in [0.15, 0.2) is 35.7 Å². The van der Waals surface area contributed by atoms with Crippen LogP contribution in [0.1, 0.15) is 50.6 Å². The summed E-state index contributed by atoms with van der Waals surface area (Å²) >= 11 is 3.10. The highest BCUT2D eigenvalue weighted by Gasteiger charge is 2.17.